The molecule has 0 aliphatic rings. The average molecular weight is 271 g/mol. The number of likely N-dealkylation sites (N-methyl/N-ethyl adjacent to an activating group) is 1. The molecule has 1 aromatic carbocycles. The second kappa shape index (κ2) is 6.41. The van der Waals surface area contributed by atoms with Gasteiger partial charge in [0.15, 0.2) is 0 Å². The Balaban J connectivity index is 3.06. The Kier molecular flexibility index (Phi) is 5.45. The largest absolute Gasteiger partial charge is 0.394 e. The van der Waals surface area contributed by atoms with E-state index >= 15 is 0 Å². The fourth-order valence-electron chi connectivity index (χ4n) is 1.71. The van der Waals surface area contributed by atoms with Crippen LogP contribution in [0.15, 0.2) is 18.2 Å². The highest BCUT2D eigenvalue weighted by atomic mass is 35.5. The SMILES string of the molecule is CCNCc1cc(Cl)ccc1N(C)C(C)(C)CO. The standard InChI is InChI=1S/C14H23ClN2O/c1-5-16-9-11-8-12(15)6-7-13(11)17(4)14(2,3)10-18/h6-8,16,18H,5,9-10H2,1-4H3. The van der Waals surface area contributed by atoms with Gasteiger partial charge in [-0.1, -0.05) is 18.5 Å². The van der Waals surface area contributed by atoms with Crippen molar-refractivity contribution < 1.29 is 5.11 Å². The van der Waals surface area contributed by atoms with Crippen LogP contribution >= 0.6 is 11.6 Å². The van der Waals surface area contributed by atoms with Crippen LogP contribution in [-0.2, 0) is 6.54 Å². The van der Waals surface area contributed by atoms with Crippen molar-refractivity contribution in [2.24, 2.45) is 0 Å². The molecule has 0 amide bonds. The molecule has 0 heterocycles. The maximum Gasteiger partial charge on any atom is 0.0658 e. The highest BCUT2D eigenvalue weighted by Gasteiger charge is 2.24. The first-order valence-electron chi connectivity index (χ1n) is 6.26. The van der Waals surface area contributed by atoms with Crippen molar-refractivity contribution >= 4 is 17.3 Å². The van der Waals surface area contributed by atoms with Gasteiger partial charge in [0.1, 0.15) is 0 Å². The fourth-order valence-corrected chi connectivity index (χ4v) is 1.91. The first-order valence-corrected chi connectivity index (χ1v) is 6.64. The molecule has 0 fully saturated rings. The lowest BCUT2D eigenvalue weighted by molar-refractivity contribution is 0.216. The summed E-state index contributed by atoms with van der Waals surface area (Å²) < 4.78 is 0. The summed E-state index contributed by atoms with van der Waals surface area (Å²) in [6.07, 6.45) is 0. The van der Waals surface area contributed by atoms with E-state index in [1.807, 2.05) is 39.1 Å². The Morgan fingerprint density at radius 2 is 2.06 bits per heavy atom. The van der Waals surface area contributed by atoms with Gasteiger partial charge in [-0.05, 0) is 44.2 Å². The van der Waals surface area contributed by atoms with Gasteiger partial charge in [-0.25, -0.2) is 0 Å². The Bertz CT molecular complexity index is 393. The van der Waals surface area contributed by atoms with Crippen molar-refractivity contribution in [3.8, 4) is 0 Å². The number of halogens is 1. The second-order valence-corrected chi connectivity index (χ2v) is 5.52. The molecule has 0 aliphatic heterocycles. The zero-order valence-corrected chi connectivity index (χ0v) is 12.4. The van der Waals surface area contributed by atoms with E-state index in [1.165, 1.54) is 0 Å². The molecule has 0 atom stereocenters. The lowest BCUT2D eigenvalue weighted by Gasteiger charge is -2.37. The van der Waals surface area contributed by atoms with Crippen LogP contribution in [0, 0.1) is 0 Å². The highest BCUT2D eigenvalue weighted by Crippen LogP contribution is 2.28. The van der Waals surface area contributed by atoms with Crippen LogP contribution in [-0.4, -0.2) is 30.8 Å². The predicted octanol–water partition coefficient (Wildman–Crippen LogP) is 2.66. The number of nitrogens with zero attached hydrogens (tertiary/aromatic N) is 1. The first kappa shape index (κ1) is 15.3. The zero-order valence-electron chi connectivity index (χ0n) is 11.6. The number of nitrogens with one attached hydrogen (secondary N) is 1. The molecular weight excluding hydrogens is 248 g/mol. The van der Waals surface area contributed by atoms with E-state index in [1.54, 1.807) is 0 Å². The summed E-state index contributed by atoms with van der Waals surface area (Å²) >= 11 is 6.05. The molecule has 0 aromatic heterocycles. The molecule has 0 radical (unpaired) electrons. The number of hydrogen-bond donors (Lipinski definition) is 2. The van der Waals surface area contributed by atoms with Crippen LogP contribution in [0.3, 0.4) is 0 Å². The Morgan fingerprint density at radius 3 is 2.61 bits per heavy atom. The fraction of sp³-hybridized carbons (Fsp3) is 0.571. The second-order valence-electron chi connectivity index (χ2n) is 5.08. The third kappa shape index (κ3) is 3.61. The molecular formula is C14H23ClN2O. The summed E-state index contributed by atoms with van der Waals surface area (Å²) in [4.78, 5) is 2.09. The van der Waals surface area contributed by atoms with E-state index in [2.05, 4.69) is 17.1 Å². The summed E-state index contributed by atoms with van der Waals surface area (Å²) in [7, 11) is 1.99. The first-order chi connectivity index (χ1) is 8.42. The minimum atomic E-state index is -0.297. The molecule has 0 aliphatic carbocycles. The zero-order chi connectivity index (χ0) is 13.8. The Morgan fingerprint density at radius 1 is 1.39 bits per heavy atom. The van der Waals surface area contributed by atoms with Crippen molar-refractivity contribution in [2.75, 3.05) is 25.1 Å². The van der Waals surface area contributed by atoms with Crippen LogP contribution < -0.4 is 10.2 Å². The molecule has 4 heteroatoms. The molecule has 18 heavy (non-hydrogen) atoms. The van der Waals surface area contributed by atoms with Crippen LogP contribution in [0.4, 0.5) is 5.69 Å². The minimum absolute atomic E-state index is 0.104. The van der Waals surface area contributed by atoms with Gasteiger partial charge in [-0.2, -0.15) is 0 Å². The Labute approximate surface area is 115 Å². The summed E-state index contributed by atoms with van der Waals surface area (Å²) in [6.45, 7) is 7.90. The summed E-state index contributed by atoms with van der Waals surface area (Å²) in [5.74, 6) is 0. The van der Waals surface area contributed by atoms with Gasteiger partial charge in [0.25, 0.3) is 0 Å². The number of aliphatic hydroxyl groups is 1. The third-order valence-corrected chi connectivity index (χ3v) is 3.50. The normalized spacial score (nSPS) is 11.7. The quantitative estimate of drug-likeness (QED) is 0.834. The van der Waals surface area contributed by atoms with E-state index in [0.717, 1.165) is 29.4 Å². The number of hydrogen-bond acceptors (Lipinski definition) is 3. The maximum absolute atomic E-state index is 9.46. The number of anilines is 1. The molecule has 2 N–H and O–H groups in total. The van der Waals surface area contributed by atoms with Crippen molar-refractivity contribution in [3.63, 3.8) is 0 Å². The van der Waals surface area contributed by atoms with E-state index in [4.69, 9.17) is 11.6 Å². The smallest absolute Gasteiger partial charge is 0.0658 e. The monoisotopic (exact) mass is 270 g/mol. The van der Waals surface area contributed by atoms with Crippen molar-refractivity contribution in [1.29, 1.82) is 0 Å². The van der Waals surface area contributed by atoms with Crippen molar-refractivity contribution in [1.82, 2.24) is 5.32 Å². The molecule has 0 saturated heterocycles. The van der Waals surface area contributed by atoms with Crippen LogP contribution in [0.5, 0.6) is 0 Å². The molecule has 0 bridgehead atoms. The van der Waals surface area contributed by atoms with Crippen LogP contribution in [0.25, 0.3) is 0 Å². The number of rotatable bonds is 6. The molecule has 0 unspecified atom stereocenters. The van der Waals surface area contributed by atoms with E-state index in [0.29, 0.717) is 0 Å². The van der Waals surface area contributed by atoms with E-state index in [9.17, 15) is 5.11 Å². The Hall–Kier alpha value is -0.770. The van der Waals surface area contributed by atoms with Crippen molar-refractivity contribution in [3.05, 3.63) is 28.8 Å². The number of benzene rings is 1. The number of aliphatic hydroxyl groups excluding tert-OH is 1. The highest BCUT2D eigenvalue weighted by molar-refractivity contribution is 6.30. The minimum Gasteiger partial charge on any atom is -0.394 e. The predicted molar refractivity (Wildman–Crippen MR) is 78.4 cm³/mol. The topological polar surface area (TPSA) is 35.5 Å². The van der Waals surface area contributed by atoms with Gasteiger partial charge in [-0.3, -0.25) is 0 Å². The van der Waals surface area contributed by atoms with Gasteiger partial charge < -0.3 is 15.3 Å². The lowest BCUT2D eigenvalue weighted by Crippen LogP contribution is -2.45. The molecule has 102 valence electrons. The van der Waals surface area contributed by atoms with Gasteiger partial charge in [-0.15, -0.1) is 0 Å². The van der Waals surface area contributed by atoms with E-state index in [-0.39, 0.29) is 12.1 Å². The third-order valence-electron chi connectivity index (χ3n) is 3.26. The molecule has 1 aromatic rings. The summed E-state index contributed by atoms with van der Waals surface area (Å²) in [5.41, 5.74) is 1.95. The molecule has 0 saturated carbocycles. The summed E-state index contributed by atoms with van der Waals surface area (Å²) in [5, 5.41) is 13.5. The van der Waals surface area contributed by atoms with E-state index < -0.39 is 0 Å². The van der Waals surface area contributed by atoms with Crippen LogP contribution in [0.2, 0.25) is 5.02 Å². The van der Waals surface area contributed by atoms with Gasteiger partial charge >= 0.3 is 0 Å². The van der Waals surface area contributed by atoms with Gasteiger partial charge in [0, 0.05) is 24.3 Å². The molecule has 3 nitrogen and oxygen atoms in total. The van der Waals surface area contributed by atoms with Crippen LogP contribution in [0.1, 0.15) is 26.3 Å². The van der Waals surface area contributed by atoms with Gasteiger partial charge in [0.05, 0.1) is 12.1 Å². The average Bonchev–Trinajstić information content (AvgIpc) is 2.35. The lowest BCUT2D eigenvalue weighted by atomic mass is 10.0. The maximum atomic E-state index is 9.46. The van der Waals surface area contributed by atoms with Crippen molar-refractivity contribution in [2.45, 2.75) is 32.9 Å². The molecule has 0 spiro atoms. The molecule has 1 rings (SSSR count). The summed E-state index contributed by atoms with van der Waals surface area (Å²) in [6, 6.07) is 5.87. The van der Waals surface area contributed by atoms with Gasteiger partial charge in [0.2, 0.25) is 0 Å².